The fourth-order valence-electron chi connectivity index (χ4n) is 3.25. The average molecular weight is 320 g/mol. The lowest BCUT2D eigenvalue weighted by Gasteiger charge is -2.24. The van der Waals surface area contributed by atoms with Crippen LogP contribution in [0.5, 0.6) is 0 Å². The molecule has 0 aliphatic heterocycles. The van der Waals surface area contributed by atoms with Gasteiger partial charge in [-0.2, -0.15) is 0 Å². The Morgan fingerprint density at radius 2 is 2.09 bits per heavy atom. The highest BCUT2D eigenvalue weighted by molar-refractivity contribution is 6.30. The van der Waals surface area contributed by atoms with E-state index in [-0.39, 0.29) is 5.92 Å². The zero-order chi connectivity index (χ0) is 15.9. The van der Waals surface area contributed by atoms with E-state index in [1.165, 1.54) is 0 Å². The van der Waals surface area contributed by atoms with Gasteiger partial charge in [0, 0.05) is 22.1 Å². The van der Waals surface area contributed by atoms with Crippen LogP contribution in [0.4, 0.5) is 0 Å². The maximum Gasteiger partial charge on any atom is 0.309 e. The molecule has 1 aliphatic rings. The largest absolute Gasteiger partial charge is 0.481 e. The molecule has 2 atom stereocenters. The number of hydrogen-bond acceptors (Lipinski definition) is 3. The average Bonchev–Trinajstić information content (AvgIpc) is 2.84. The number of fused-ring (bicyclic) bond motifs is 1. The minimum atomic E-state index is -0.745. The van der Waals surface area contributed by atoms with Gasteiger partial charge in [-0.15, -0.1) is 0 Å². The summed E-state index contributed by atoms with van der Waals surface area (Å²) < 4.78 is 5.56. The third-order valence-electron chi connectivity index (χ3n) is 4.58. The Morgan fingerprint density at radius 3 is 2.73 bits per heavy atom. The SMILES string of the molecule is CC1CC(C)(C(=O)O)CCc2c(-c3ccc(Cl)cc3)noc21. The monoisotopic (exact) mass is 319 g/mol. The van der Waals surface area contributed by atoms with Gasteiger partial charge in [0.2, 0.25) is 0 Å². The smallest absolute Gasteiger partial charge is 0.309 e. The van der Waals surface area contributed by atoms with Crippen molar-refractivity contribution in [3.05, 3.63) is 40.6 Å². The molecule has 0 saturated heterocycles. The Hall–Kier alpha value is -1.81. The van der Waals surface area contributed by atoms with E-state index in [0.717, 1.165) is 22.6 Å². The lowest BCUT2D eigenvalue weighted by Crippen LogP contribution is -2.28. The number of benzene rings is 1. The summed E-state index contributed by atoms with van der Waals surface area (Å²) in [6, 6.07) is 7.46. The molecule has 0 saturated carbocycles. The lowest BCUT2D eigenvalue weighted by atomic mass is 9.79. The molecule has 0 spiro atoms. The number of rotatable bonds is 2. The number of nitrogens with zero attached hydrogens (tertiary/aromatic N) is 1. The zero-order valence-electron chi connectivity index (χ0n) is 12.6. The molecule has 1 aromatic heterocycles. The zero-order valence-corrected chi connectivity index (χ0v) is 13.4. The van der Waals surface area contributed by atoms with Gasteiger partial charge < -0.3 is 9.63 Å². The topological polar surface area (TPSA) is 63.3 Å². The summed E-state index contributed by atoms with van der Waals surface area (Å²) in [4.78, 5) is 11.6. The molecule has 0 bridgehead atoms. The van der Waals surface area contributed by atoms with Crippen LogP contribution in [-0.2, 0) is 11.2 Å². The fraction of sp³-hybridized carbons (Fsp3) is 0.412. The van der Waals surface area contributed by atoms with Gasteiger partial charge in [0.1, 0.15) is 11.5 Å². The summed E-state index contributed by atoms with van der Waals surface area (Å²) in [6.45, 7) is 3.81. The van der Waals surface area contributed by atoms with Crippen molar-refractivity contribution < 1.29 is 14.4 Å². The van der Waals surface area contributed by atoms with E-state index in [0.29, 0.717) is 24.3 Å². The van der Waals surface area contributed by atoms with E-state index in [2.05, 4.69) is 5.16 Å². The second-order valence-corrected chi connectivity index (χ2v) is 6.79. The summed E-state index contributed by atoms with van der Waals surface area (Å²) in [7, 11) is 0. The summed E-state index contributed by atoms with van der Waals surface area (Å²) in [5, 5.41) is 14.4. The molecular weight excluding hydrogens is 302 g/mol. The number of carboxylic acids is 1. The van der Waals surface area contributed by atoms with Gasteiger partial charge in [0.15, 0.2) is 0 Å². The van der Waals surface area contributed by atoms with Crippen molar-refractivity contribution in [3.63, 3.8) is 0 Å². The second kappa shape index (κ2) is 5.43. The molecule has 2 unspecified atom stereocenters. The summed E-state index contributed by atoms with van der Waals surface area (Å²) in [5.41, 5.74) is 2.05. The van der Waals surface area contributed by atoms with Crippen LogP contribution in [0, 0.1) is 5.41 Å². The van der Waals surface area contributed by atoms with E-state index in [1.54, 1.807) is 0 Å². The van der Waals surface area contributed by atoms with Crippen LogP contribution >= 0.6 is 11.6 Å². The van der Waals surface area contributed by atoms with E-state index in [4.69, 9.17) is 16.1 Å². The Kier molecular flexibility index (Phi) is 3.73. The van der Waals surface area contributed by atoms with Crippen molar-refractivity contribution >= 4 is 17.6 Å². The summed E-state index contributed by atoms with van der Waals surface area (Å²) >= 11 is 5.93. The van der Waals surface area contributed by atoms with Crippen molar-refractivity contribution in [2.75, 3.05) is 0 Å². The quantitative estimate of drug-likeness (QED) is 0.826. The van der Waals surface area contributed by atoms with Gasteiger partial charge in [0.25, 0.3) is 0 Å². The highest BCUT2D eigenvalue weighted by Gasteiger charge is 2.40. The number of aliphatic carboxylic acids is 1. The first-order valence-corrected chi connectivity index (χ1v) is 7.76. The molecule has 2 aromatic rings. The second-order valence-electron chi connectivity index (χ2n) is 6.35. The number of carboxylic acid groups (broad SMARTS) is 1. The van der Waals surface area contributed by atoms with Crippen molar-refractivity contribution in [1.82, 2.24) is 5.16 Å². The van der Waals surface area contributed by atoms with E-state index in [9.17, 15) is 9.90 Å². The van der Waals surface area contributed by atoms with E-state index in [1.807, 2.05) is 38.1 Å². The number of hydrogen-bond donors (Lipinski definition) is 1. The molecule has 3 rings (SSSR count). The molecule has 116 valence electrons. The Labute approximate surface area is 134 Å². The third kappa shape index (κ3) is 2.52. The third-order valence-corrected chi connectivity index (χ3v) is 4.84. The summed E-state index contributed by atoms with van der Waals surface area (Å²) in [6.07, 6.45) is 1.80. The van der Waals surface area contributed by atoms with Crippen LogP contribution in [0.2, 0.25) is 5.02 Å². The predicted molar refractivity (Wildman–Crippen MR) is 84.0 cm³/mol. The lowest BCUT2D eigenvalue weighted by molar-refractivity contribution is -0.148. The van der Waals surface area contributed by atoms with Crippen LogP contribution < -0.4 is 0 Å². The van der Waals surface area contributed by atoms with Crippen molar-refractivity contribution in [2.45, 2.75) is 39.0 Å². The molecule has 1 heterocycles. The maximum absolute atomic E-state index is 11.6. The summed E-state index contributed by atoms with van der Waals surface area (Å²) in [5.74, 6) is 0.104. The van der Waals surface area contributed by atoms with Crippen LogP contribution in [0.1, 0.15) is 43.9 Å². The van der Waals surface area contributed by atoms with E-state index < -0.39 is 11.4 Å². The molecule has 5 heteroatoms. The van der Waals surface area contributed by atoms with Gasteiger partial charge in [-0.05, 0) is 38.3 Å². The number of carbonyl (C=O) groups is 1. The molecule has 0 amide bonds. The van der Waals surface area contributed by atoms with Gasteiger partial charge in [-0.3, -0.25) is 4.79 Å². The van der Waals surface area contributed by atoms with Crippen LogP contribution in [0.25, 0.3) is 11.3 Å². The van der Waals surface area contributed by atoms with Crippen LogP contribution in [-0.4, -0.2) is 16.2 Å². The highest BCUT2D eigenvalue weighted by Crippen LogP contribution is 2.43. The molecule has 22 heavy (non-hydrogen) atoms. The first kappa shape index (κ1) is 15.1. The molecule has 0 radical (unpaired) electrons. The van der Waals surface area contributed by atoms with Crippen molar-refractivity contribution in [3.8, 4) is 11.3 Å². The maximum atomic E-state index is 11.6. The minimum absolute atomic E-state index is 0.0344. The minimum Gasteiger partial charge on any atom is -0.481 e. The molecular formula is C17H18ClNO3. The molecule has 1 N–H and O–H groups in total. The van der Waals surface area contributed by atoms with Gasteiger partial charge in [0.05, 0.1) is 5.41 Å². The molecule has 4 nitrogen and oxygen atoms in total. The normalized spacial score (nSPS) is 24.6. The van der Waals surface area contributed by atoms with Crippen molar-refractivity contribution in [1.29, 1.82) is 0 Å². The molecule has 0 fully saturated rings. The predicted octanol–water partition coefficient (Wildman–Crippen LogP) is 4.53. The Balaban J connectivity index is 2.01. The van der Waals surface area contributed by atoms with Gasteiger partial charge >= 0.3 is 5.97 Å². The van der Waals surface area contributed by atoms with E-state index >= 15 is 0 Å². The number of aromatic nitrogens is 1. The van der Waals surface area contributed by atoms with Crippen molar-refractivity contribution in [2.24, 2.45) is 5.41 Å². The first-order valence-electron chi connectivity index (χ1n) is 7.38. The standard InChI is InChI=1S/C17H18ClNO3/c1-10-9-17(2,16(20)21)8-7-13-14(19-22-15(10)13)11-3-5-12(18)6-4-11/h3-6,10H,7-9H2,1-2H3,(H,20,21). The Morgan fingerprint density at radius 1 is 1.41 bits per heavy atom. The van der Waals surface area contributed by atoms with Crippen LogP contribution in [0.15, 0.2) is 28.8 Å². The van der Waals surface area contributed by atoms with Gasteiger partial charge in [-0.25, -0.2) is 0 Å². The van der Waals surface area contributed by atoms with Crippen LogP contribution in [0.3, 0.4) is 0 Å². The number of halogens is 1. The highest BCUT2D eigenvalue weighted by atomic mass is 35.5. The van der Waals surface area contributed by atoms with Gasteiger partial charge in [-0.1, -0.05) is 35.8 Å². The molecule has 1 aliphatic carbocycles. The fourth-order valence-corrected chi connectivity index (χ4v) is 3.38. The first-order chi connectivity index (χ1) is 10.4. The Bertz CT molecular complexity index is 707. The molecule has 1 aromatic carbocycles.